The predicted molar refractivity (Wildman–Crippen MR) is 73.7 cm³/mol. The maximum Gasteiger partial charge on any atom is 0.119 e. The van der Waals surface area contributed by atoms with E-state index < -0.39 is 0 Å². The lowest BCUT2D eigenvalue weighted by atomic mass is 10.2. The Morgan fingerprint density at radius 3 is 2.53 bits per heavy atom. The standard InChI is InChI=1S/C15H16OS/c1-12-6-8-13(9-7-12)11-17-15-5-3-4-14(10-15)16-2/h3-10H,11H2,1-2H3. The molecule has 2 rings (SSSR count). The zero-order valence-electron chi connectivity index (χ0n) is 10.1. The van der Waals surface area contributed by atoms with Gasteiger partial charge >= 0.3 is 0 Å². The Hall–Kier alpha value is -1.41. The largest absolute Gasteiger partial charge is 0.497 e. The van der Waals surface area contributed by atoms with Crippen molar-refractivity contribution in [2.24, 2.45) is 0 Å². The van der Waals surface area contributed by atoms with Gasteiger partial charge in [0.1, 0.15) is 5.75 Å². The highest BCUT2D eigenvalue weighted by Crippen LogP contribution is 2.26. The lowest BCUT2D eigenvalue weighted by Crippen LogP contribution is -1.84. The second-order valence-electron chi connectivity index (χ2n) is 3.95. The van der Waals surface area contributed by atoms with E-state index in [1.807, 2.05) is 23.9 Å². The summed E-state index contributed by atoms with van der Waals surface area (Å²) in [6.45, 7) is 2.11. The summed E-state index contributed by atoms with van der Waals surface area (Å²) in [4.78, 5) is 1.24. The first-order valence-electron chi connectivity index (χ1n) is 5.60. The molecule has 0 heterocycles. The van der Waals surface area contributed by atoms with Gasteiger partial charge in [0.05, 0.1) is 7.11 Å². The van der Waals surface area contributed by atoms with Crippen molar-refractivity contribution in [1.82, 2.24) is 0 Å². The Bertz CT molecular complexity index is 477. The SMILES string of the molecule is COc1cccc(SCc2ccc(C)cc2)c1. The van der Waals surface area contributed by atoms with Crippen molar-refractivity contribution in [3.63, 3.8) is 0 Å². The summed E-state index contributed by atoms with van der Waals surface area (Å²) in [5.74, 6) is 1.91. The van der Waals surface area contributed by atoms with E-state index in [1.165, 1.54) is 16.0 Å². The van der Waals surface area contributed by atoms with Gasteiger partial charge in [0.2, 0.25) is 0 Å². The number of aryl methyl sites for hydroxylation is 1. The molecule has 1 nitrogen and oxygen atoms in total. The quantitative estimate of drug-likeness (QED) is 0.742. The van der Waals surface area contributed by atoms with Gasteiger partial charge in [-0.1, -0.05) is 35.9 Å². The molecule has 0 unspecified atom stereocenters. The first-order valence-corrected chi connectivity index (χ1v) is 6.59. The molecule has 0 aliphatic heterocycles. The molecule has 0 aliphatic carbocycles. The molecule has 17 heavy (non-hydrogen) atoms. The molecule has 0 bridgehead atoms. The molecule has 2 heteroatoms. The minimum absolute atomic E-state index is 0.916. The smallest absolute Gasteiger partial charge is 0.119 e. The first-order chi connectivity index (χ1) is 8.28. The van der Waals surface area contributed by atoms with E-state index in [-0.39, 0.29) is 0 Å². The summed E-state index contributed by atoms with van der Waals surface area (Å²) in [6, 6.07) is 16.8. The van der Waals surface area contributed by atoms with Crippen LogP contribution in [0, 0.1) is 6.92 Å². The van der Waals surface area contributed by atoms with E-state index in [9.17, 15) is 0 Å². The zero-order valence-corrected chi connectivity index (χ0v) is 11.0. The summed E-state index contributed by atoms with van der Waals surface area (Å²) >= 11 is 1.83. The van der Waals surface area contributed by atoms with E-state index in [2.05, 4.69) is 43.3 Å². The van der Waals surface area contributed by atoms with Gasteiger partial charge in [0.25, 0.3) is 0 Å². The molecule has 0 aromatic heterocycles. The van der Waals surface area contributed by atoms with Crippen LogP contribution in [0.4, 0.5) is 0 Å². The summed E-state index contributed by atoms with van der Waals surface area (Å²) in [5.41, 5.74) is 2.66. The molecular formula is C15H16OS. The van der Waals surface area contributed by atoms with Crippen molar-refractivity contribution >= 4 is 11.8 Å². The topological polar surface area (TPSA) is 9.23 Å². The lowest BCUT2D eigenvalue weighted by molar-refractivity contribution is 0.413. The van der Waals surface area contributed by atoms with Gasteiger partial charge in [-0.2, -0.15) is 0 Å². The Morgan fingerprint density at radius 2 is 1.82 bits per heavy atom. The fraction of sp³-hybridized carbons (Fsp3) is 0.200. The maximum atomic E-state index is 5.21. The molecule has 0 amide bonds. The summed E-state index contributed by atoms with van der Waals surface area (Å²) in [5, 5.41) is 0. The Labute approximate surface area is 107 Å². The number of benzene rings is 2. The number of thioether (sulfide) groups is 1. The highest BCUT2D eigenvalue weighted by molar-refractivity contribution is 7.98. The molecular weight excluding hydrogens is 228 g/mol. The molecule has 0 atom stereocenters. The van der Waals surface area contributed by atoms with Crippen LogP contribution in [0.1, 0.15) is 11.1 Å². The third kappa shape index (κ3) is 3.53. The van der Waals surface area contributed by atoms with Crippen molar-refractivity contribution in [3.05, 3.63) is 59.7 Å². The van der Waals surface area contributed by atoms with Crippen molar-refractivity contribution in [3.8, 4) is 5.75 Å². The second-order valence-corrected chi connectivity index (χ2v) is 5.00. The van der Waals surface area contributed by atoms with Crippen LogP contribution in [-0.4, -0.2) is 7.11 Å². The van der Waals surface area contributed by atoms with Gasteiger partial charge < -0.3 is 4.74 Å². The highest BCUT2D eigenvalue weighted by Gasteiger charge is 1.98. The zero-order chi connectivity index (χ0) is 12.1. The molecule has 88 valence electrons. The fourth-order valence-corrected chi connectivity index (χ4v) is 2.44. The van der Waals surface area contributed by atoms with Crippen molar-refractivity contribution < 1.29 is 4.74 Å². The van der Waals surface area contributed by atoms with Gasteiger partial charge in [-0.15, -0.1) is 11.8 Å². The third-order valence-electron chi connectivity index (χ3n) is 2.57. The van der Waals surface area contributed by atoms with Gasteiger partial charge in [0.15, 0.2) is 0 Å². The summed E-state index contributed by atoms with van der Waals surface area (Å²) < 4.78 is 5.21. The van der Waals surface area contributed by atoms with Crippen LogP contribution in [0.3, 0.4) is 0 Å². The molecule has 0 aliphatic rings. The highest BCUT2D eigenvalue weighted by atomic mass is 32.2. The molecule has 0 fully saturated rings. The van der Waals surface area contributed by atoms with Crippen molar-refractivity contribution in [1.29, 1.82) is 0 Å². The number of ether oxygens (including phenoxy) is 1. The number of hydrogen-bond acceptors (Lipinski definition) is 2. The van der Waals surface area contributed by atoms with Crippen LogP contribution in [0.2, 0.25) is 0 Å². The average Bonchev–Trinajstić information content (AvgIpc) is 2.38. The molecule has 0 spiro atoms. The number of rotatable bonds is 4. The van der Waals surface area contributed by atoms with Gasteiger partial charge in [-0.3, -0.25) is 0 Å². The van der Waals surface area contributed by atoms with Gasteiger partial charge in [-0.25, -0.2) is 0 Å². The second kappa shape index (κ2) is 5.78. The lowest BCUT2D eigenvalue weighted by Gasteiger charge is -2.04. The van der Waals surface area contributed by atoms with E-state index in [0.29, 0.717) is 0 Å². The molecule has 0 saturated heterocycles. The maximum absolute atomic E-state index is 5.21. The molecule has 0 saturated carbocycles. The van der Waals surface area contributed by atoms with Crippen LogP contribution in [0.15, 0.2) is 53.4 Å². The van der Waals surface area contributed by atoms with Crippen molar-refractivity contribution in [2.75, 3.05) is 7.11 Å². The van der Waals surface area contributed by atoms with E-state index >= 15 is 0 Å². The van der Waals surface area contributed by atoms with E-state index in [4.69, 9.17) is 4.74 Å². The predicted octanol–water partition coefficient (Wildman–Crippen LogP) is 4.30. The minimum Gasteiger partial charge on any atom is -0.497 e. The van der Waals surface area contributed by atoms with Crippen LogP contribution < -0.4 is 4.74 Å². The minimum atomic E-state index is 0.916. The van der Waals surface area contributed by atoms with E-state index in [1.54, 1.807) is 7.11 Å². The van der Waals surface area contributed by atoms with E-state index in [0.717, 1.165) is 11.5 Å². The van der Waals surface area contributed by atoms with Crippen LogP contribution in [0.5, 0.6) is 5.75 Å². The summed E-state index contributed by atoms with van der Waals surface area (Å²) in [7, 11) is 1.70. The molecule has 0 radical (unpaired) electrons. The monoisotopic (exact) mass is 244 g/mol. The third-order valence-corrected chi connectivity index (χ3v) is 3.63. The fourth-order valence-electron chi connectivity index (χ4n) is 1.54. The van der Waals surface area contributed by atoms with Gasteiger partial charge in [-0.05, 0) is 30.7 Å². The average molecular weight is 244 g/mol. The molecule has 2 aromatic rings. The Balaban J connectivity index is 1.99. The van der Waals surface area contributed by atoms with Gasteiger partial charge in [0, 0.05) is 10.6 Å². The number of methoxy groups -OCH3 is 1. The summed E-state index contributed by atoms with van der Waals surface area (Å²) in [6.07, 6.45) is 0. The Kier molecular flexibility index (Phi) is 4.10. The van der Waals surface area contributed by atoms with Crippen LogP contribution >= 0.6 is 11.8 Å². The Morgan fingerprint density at radius 1 is 1.06 bits per heavy atom. The normalized spacial score (nSPS) is 10.2. The van der Waals surface area contributed by atoms with Crippen molar-refractivity contribution in [2.45, 2.75) is 17.6 Å². The molecule has 0 N–H and O–H groups in total. The molecule has 2 aromatic carbocycles. The van der Waals surface area contributed by atoms with Crippen LogP contribution in [0.25, 0.3) is 0 Å². The number of hydrogen-bond donors (Lipinski definition) is 0. The van der Waals surface area contributed by atoms with Crippen LogP contribution in [-0.2, 0) is 5.75 Å². The first kappa shape index (κ1) is 12.1.